The van der Waals surface area contributed by atoms with Gasteiger partial charge in [0.2, 0.25) is 0 Å². The Morgan fingerprint density at radius 1 is 1.27 bits per heavy atom. The van der Waals surface area contributed by atoms with Crippen LogP contribution in [-0.4, -0.2) is 31.8 Å². The van der Waals surface area contributed by atoms with E-state index >= 15 is 0 Å². The van der Waals surface area contributed by atoms with Crippen LogP contribution in [0.4, 0.5) is 0 Å². The van der Waals surface area contributed by atoms with Crippen LogP contribution >= 0.6 is 0 Å². The lowest BCUT2D eigenvalue weighted by atomic mass is 10.3. The lowest BCUT2D eigenvalue weighted by Crippen LogP contribution is -2.30. The lowest BCUT2D eigenvalue weighted by molar-refractivity contribution is -0.132. The highest BCUT2D eigenvalue weighted by atomic mass is 16.7. The molecule has 0 aliphatic rings. The van der Waals surface area contributed by atoms with Gasteiger partial charge in [0.1, 0.15) is 0 Å². The molecule has 0 aromatic carbocycles. The van der Waals surface area contributed by atoms with Crippen LogP contribution < -0.4 is 5.32 Å². The lowest BCUT2D eigenvalue weighted by Gasteiger charge is -2.18. The van der Waals surface area contributed by atoms with E-state index in [-0.39, 0.29) is 12.1 Å². The predicted octanol–water partition coefficient (Wildman–Crippen LogP) is 1.47. The number of rotatable bonds is 8. The van der Waals surface area contributed by atoms with Crippen molar-refractivity contribution < 1.29 is 14.3 Å². The van der Waals surface area contributed by atoms with Gasteiger partial charge in [-0.15, -0.1) is 0 Å². The Morgan fingerprint density at radius 3 is 2.20 bits per heavy atom. The zero-order chi connectivity index (χ0) is 11.7. The van der Waals surface area contributed by atoms with Gasteiger partial charge in [-0.25, -0.2) is 0 Å². The Bertz CT molecular complexity index is 208. The molecule has 88 valence electrons. The van der Waals surface area contributed by atoms with Crippen molar-refractivity contribution in [2.45, 2.75) is 34.0 Å². The zero-order valence-corrected chi connectivity index (χ0v) is 10.0. The minimum Gasteiger partial charge on any atom is -0.383 e. The summed E-state index contributed by atoms with van der Waals surface area (Å²) in [5, 5.41) is 3.07. The van der Waals surface area contributed by atoms with Gasteiger partial charge in [-0.05, 0) is 33.8 Å². The maximum Gasteiger partial charge on any atom is 0.174 e. The molecule has 0 aliphatic heterocycles. The highest BCUT2D eigenvalue weighted by Crippen LogP contribution is 1.95. The molecule has 0 radical (unpaired) electrons. The van der Waals surface area contributed by atoms with E-state index in [1.807, 2.05) is 20.8 Å². The summed E-state index contributed by atoms with van der Waals surface area (Å²) >= 11 is 0. The van der Waals surface area contributed by atoms with Gasteiger partial charge in [-0.1, -0.05) is 0 Å². The monoisotopic (exact) mass is 215 g/mol. The fourth-order valence-electron chi connectivity index (χ4n) is 1.14. The van der Waals surface area contributed by atoms with Gasteiger partial charge < -0.3 is 14.8 Å². The quantitative estimate of drug-likeness (QED) is 0.492. The third kappa shape index (κ3) is 8.15. The van der Waals surface area contributed by atoms with Crippen molar-refractivity contribution in [3.8, 4) is 0 Å². The maximum absolute atomic E-state index is 10.8. The number of allylic oxidation sites excluding steroid dienone is 2. The highest BCUT2D eigenvalue weighted by Gasteiger charge is 2.06. The van der Waals surface area contributed by atoms with E-state index in [2.05, 4.69) is 5.32 Å². The molecule has 0 saturated heterocycles. The molecule has 0 saturated carbocycles. The fraction of sp³-hybridized carbons (Fsp3) is 0.727. The standard InChI is InChI=1S/C11H21NO3/c1-5-14-11(15-6-2)8-12-9(3)7-10(4)13/h7,11-12H,5-6,8H2,1-4H3/b9-7-. The molecule has 0 unspecified atom stereocenters. The van der Waals surface area contributed by atoms with Crippen LogP contribution in [0.2, 0.25) is 0 Å². The van der Waals surface area contributed by atoms with Gasteiger partial charge in [-0.3, -0.25) is 4.79 Å². The van der Waals surface area contributed by atoms with Gasteiger partial charge in [-0.2, -0.15) is 0 Å². The minimum atomic E-state index is -0.254. The molecular weight excluding hydrogens is 194 g/mol. The highest BCUT2D eigenvalue weighted by molar-refractivity contribution is 5.87. The summed E-state index contributed by atoms with van der Waals surface area (Å²) < 4.78 is 10.7. The van der Waals surface area contributed by atoms with E-state index in [0.29, 0.717) is 19.8 Å². The zero-order valence-electron chi connectivity index (χ0n) is 10.0. The second-order valence-electron chi connectivity index (χ2n) is 3.16. The molecule has 0 aromatic heterocycles. The summed E-state index contributed by atoms with van der Waals surface area (Å²) in [4.78, 5) is 10.8. The van der Waals surface area contributed by atoms with Crippen molar-refractivity contribution in [1.82, 2.24) is 5.32 Å². The van der Waals surface area contributed by atoms with Crippen molar-refractivity contribution in [2.75, 3.05) is 19.8 Å². The third-order valence-corrected chi connectivity index (χ3v) is 1.67. The van der Waals surface area contributed by atoms with E-state index in [9.17, 15) is 4.79 Å². The van der Waals surface area contributed by atoms with Crippen molar-refractivity contribution >= 4 is 5.78 Å². The Kier molecular flexibility index (Phi) is 7.95. The number of nitrogens with one attached hydrogen (secondary N) is 1. The Hall–Kier alpha value is -0.870. The Labute approximate surface area is 91.6 Å². The SMILES string of the molecule is CCOC(CN/C(C)=C\C(C)=O)OCC. The van der Waals surface area contributed by atoms with Crippen molar-refractivity contribution in [3.05, 3.63) is 11.8 Å². The van der Waals surface area contributed by atoms with Crippen molar-refractivity contribution in [3.63, 3.8) is 0 Å². The molecule has 0 aliphatic carbocycles. The number of hydrogen-bond donors (Lipinski definition) is 1. The van der Waals surface area contributed by atoms with Crippen LogP contribution in [0.15, 0.2) is 11.8 Å². The molecule has 0 bridgehead atoms. The van der Waals surface area contributed by atoms with Crippen LogP contribution in [0.3, 0.4) is 0 Å². The Morgan fingerprint density at radius 2 is 1.80 bits per heavy atom. The van der Waals surface area contributed by atoms with Crippen LogP contribution in [0, 0.1) is 0 Å². The normalized spacial score (nSPS) is 11.9. The van der Waals surface area contributed by atoms with E-state index in [0.717, 1.165) is 5.70 Å². The summed E-state index contributed by atoms with van der Waals surface area (Å²) in [7, 11) is 0. The topological polar surface area (TPSA) is 47.6 Å². The first-order valence-corrected chi connectivity index (χ1v) is 5.26. The summed E-state index contributed by atoms with van der Waals surface area (Å²) in [6, 6.07) is 0. The number of carbonyl (C=O) groups excluding carboxylic acids is 1. The number of ether oxygens (including phenoxy) is 2. The first-order valence-electron chi connectivity index (χ1n) is 5.26. The fourth-order valence-corrected chi connectivity index (χ4v) is 1.14. The molecule has 0 heterocycles. The van der Waals surface area contributed by atoms with Crippen LogP contribution in [-0.2, 0) is 14.3 Å². The number of hydrogen-bond acceptors (Lipinski definition) is 4. The van der Waals surface area contributed by atoms with Crippen molar-refractivity contribution in [1.29, 1.82) is 0 Å². The molecule has 0 rings (SSSR count). The molecule has 0 atom stereocenters. The maximum atomic E-state index is 10.8. The molecule has 15 heavy (non-hydrogen) atoms. The van der Waals surface area contributed by atoms with Gasteiger partial charge >= 0.3 is 0 Å². The van der Waals surface area contributed by atoms with Crippen molar-refractivity contribution in [2.24, 2.45) is 0 Å². The first-order chi connectivity index (χ1) is 7.10. The van der Waals surface area contributed by atoms with Gasteiger partial charge in [0, 0.05) is 18.9 Å². The average Bonchev–Trinajstić information content (AvgIpc) is 2.14. The summed E-state index contributed by atoms with van der Waals surface area (Å²) in [6.45, 7) is 8.99. The van der Waals surface area contributed by atoms with Gasteiger partial charge in [0.25, 0.3) is 0 Å². The molecule has 0 amide bonds. The predicted molar refractivity (Wildman–Crippen MR) is 59.5 cm³/mol. The molecule has 0 fully saturated rings. The molecule has 4 nitrogen and oxygen atoms in total. The Balaban J connectivity index is 3.92. The first kappa shape index (κ1) is 14.1. The molecular formula is C11H21NO3. The second kappa shape index (κ2) is 8.44. The van der Waals surface area contributed by atoms with Crippen LogP contribution in [0.5, 0.6) is 0 Å². The smallest absolute Gasteiger partial charge is 0.174 e. The largest absolute Gasteiger partial charge is 0.383 e. The van der Waals surface area contributed by atoms with Crippen LogP contribution in [0.25, 0.3) is 0 Å². The number of ketones is 1. The van der Waals surface area contributed by atoms with E-state index < -0.39 is 0 Å². The number of carbonyl (C=O) groups is 1. The molecule has 1 N–H and O–H groups in total. The van der Waals surface area contributed by atoms with Crippen LogP contribution in [0.1, 0.15) is 27.7 Å². The van der Waals surface area contributed by atoms with Gasteiger partial charge in [0.05, 0.1) is 6.54 Å². The third-order valence-electron chi connectivity index (χ3n) is 1.67. The van der Waals surface area contributed by atoms with Gasteiger partial charge in [0.15, 0.2) is 12.1 Å². The summed E-state index contributed by atoms with van der Waals surface area (Å²) in [5.74, 6) is 0.0318. The molecule has 0 spiro atoms. The summed E-state index contributed by atoms with van der Waals surface area (Å²) in [5.41, 5.74) is 0.826. The molecule has 0 aromatic rings. The minimum absolute atomic E-state index is 0.0318. The van der Waals surface area contributed by atoms with E-state index in [1.54, 1.807) is 6.08 Å². The molecule has 4 heteroatoms. The average molecular weight is 215 g/mol. The van der Waals surface area contributed by atoms with E-state index in [4.69, 9.17) is 9.47 Å². The second-order valence-corrected chi connectivity index (χ2v) is 3.16. The van der Waals surface area contributed by atoms with E-state index in [1.165, 1.54) is 6.92 Å². The summed E-state index contributed by atoms with van der Waals surface area (Å²) in [6.07, 6.45) is 1.30.